The molecule has 32 heavy (non-hydrogen) atoms. The largest absolute Gasteiger partial charge is 0.329 e. The molecule has 0 aliphatic rings. The second-order valence-corrected chi connectivity index (χ2v) is 8.78. The number of hydrogen-bond donors (Lipinski definition) is 2. The summed E-state index contributed by atoms with van der Waals surface area (Å²) in [6.07, 6.45) is 3.52. The molecule has 0 saturated carbocycles. The van der Waals surface area contributed by atoms with Gasteiger partial charge in [-0.2, -0.15) is 10.1 Å². The number of H-pyrrole nitrogens is 1. The minimum Gasteiger partial charge on any atom is -0.298 e. The molecule has 0 unspecified atom stereocenters. The average Bonchev–Trinajstić information content (AvgIpc) is 3.11. The number of imidazole rings is 1. The second kappa shape index (κ2) is 9.49. The Morgan fingerprint density at radius 1 is 1.19 bits per heavy atom. The number of benzene rings is 2. The number of allylic oxidation sites excluding steroid dienone is 1. The van der Waals surface area contributed by atoms with Crippen molar-refractivity contribution in [3.63, 3.8) is 0 Å². The number of halogens is 2. The molecule has 4 rings (SSSR count). The molecule has 2 heterocycles. The van der Waals surface area contributed by atoms with Crippen LogP contribution in [0.2, 0.25) is 0 Å². The van der Waals surface area contributed by atoms with Crippen LogP contribution in [0.5, 0.6) is 0 Å². The molecule has 0 fully saturated rings. The van der Waals surface area contributed by atoms with Crippen molar-refractivity contribution >= 4 is 61.3 Å². The summed E-state index contributed by atoms with van der Waals surface area (Å²) in [7, 11) is 1.56. The van der Waals surface area contributed by atoms with Crippen LogP contribution in [0.25, 0.3) is 17.2 Å². The van der Waals surface area contributed by atoms with Crippen LogP contribution in [0.4, 0.5) is 5.95 Å². The van der Waals surface area contributed by atoms with E-state index >= 15 is 0 Å². The Hall–Kier alpha value is -3.24. The van der Waals surface area contributed by atoms with Gasteiger partial charge in [-0.1, -0.05) is 58.4 Å². The Morgan fingerprint density at radius 3 is 2.72 bits per heavy atom. The minimum absolute atomic E-state index is 0.269. The molecule has 0 amide bonds. The number of aryl methyl sites for hydroxylation is 1. The maximum absolute atomic E-state index is 12.6. The van der Waals surface area contributed by atoms with Crippen LogP contribution >= 0.6 is 31.9 Å². The number of hydrogen-bond acceptors (Lipinski definition) is 5. The van der Waals surface area contributed by atoms with Gasteiger partial charge in [0.1, 0.15) is 0 Å². The third-order valence-corrected chi connectivity index (χ3v) is 5.62. The monoisotopic (exact) mass is 556 g/mol. The normalized spacial score (nSPS) is 12.0. The Balaban J connectivity index is 1.72. The molecular formula is C22H18Br2N6O2. The third kappa shape index (κ3) is 4.81. The predicted molar refractivity (Wildman–Crippen MR) is 134 cm³/mol. The van der Waals surface area contributed by atoms with Crippen LogP contribution in [-0.4, -0.2) is 25.3 Å². The lowest BCUT2D eigenvalue weighted by atomic mass is 10.2. The first kappa shape index (κ1) is 22.0. The molecule has 2 aromatic carbocycles. The van der Waals surface area contributed by atoms with E-state index in [1.54, 1.807) is 17.8 Å². The van der Waals surface area contributed by atoms with Gasteiger partial charge >= 0.3 is 5.69 Å². The van der Waals surface area contributed by atoms with Gasteiger partial charge in [0.15, 0.2) is 11.2 Å². The molecule has 0 spiro atoms. The fourth-order valence-corrected chi connectivity index (χ4v) is 4.00. The molecule has 0 saturated heterocycles. The van der Waals surface area contributed by atoms with Crippen molar-refractivity contribution < 1.29 is 0 Å². The number of nitrogens with zero attached hydrogens (tertiary/aromatic N) is 4. The van der Waals surface area contributed by atoms with Gasteiger partial charge in [-0.05, 0) is 45.3 Å². The molecule has 4 aromatic rings. The van der Waals surface area contributed by atoms with Crippen LogP contribution in [-0.2, 0) is 13.6 Å². The highest BCUT2D eigenvalue weighted by Crippen LogP contribution is 2.20. The first-order valence-corrected chi connectivity index (χ1v) is 11.2. The van der Waals surface area contributed by atoms with Gasteiger partial charge in [0.05, 0.1) is 12.8 Å². The standard InChI is InChI=1S/C22H18Br2N6O2/c1-29-19-18(20(31)27-22(29)32)30(13-15-8-5-9-16(23)11-15)21(26-19)28-25-12-17(24)10-14-6-3-2-4-7-14/h2-12H,13H2,1H3,(H,26,28)(H,27,31,32)/b17-10-,25-12-. The van der Waals surface area contributed by atoms with Crippen molar-refractivity contribution in [2.24, 2.45) is 12.1 Å². The van der Waals surface area contributed by atoms with Crippen LogP contribution in [0.1, 0.15) is 11.1 Å². The molecule has 0 bridgehead atoms. The molecule has 10 heteroatoms. The lowest BCUT2D eigenvalue weighted by molar-refractivity contribution is 0.808. The van der Waals surface area contributed by atoms with Crippen LogP contribution < -0.4 is 16.7 Å². The van der Waals surface area contributed by atoms with Crippen molar-refractivity contribution in [3.05, 3.63) is 95.5 Å². The molecule has 162 valence electrons. The quantitative estimate of drug-likeness (QED) is 0.276. The van der Waals surface area contributed by atoms with E-state index in [-0.39, 0.29) is 11.2 Å². The van der Waals surface area contributed by atoms with E-state index in [1.807, 2.05) is 60.7 Å². The Bertz CT molecular complexity index is 1450. The molecule has 0 aliphatic heterocycles. The van der Waals surface area contributed by atoms with E-state index in [2.05, 4.69) is 52.4 Å². The maximum atomic E-state index is 12.6. The van der Waals surface area contributed by atoms with E-state index in [9.17, 15) is 9.59 Å². The molecule has 2 aromatic heterocycles. The van der Waals surface area contributed by atoms with Gasteiger partial charge in [0.25, 0.3) is 5.56 Å². The van der Waals surface area contributed by atoms with E-state index < -0.39 is 11.2 Å². The van der Waals surface area contributed by atoms with Gasteiger partial charge in [-0.3, -0.25) is 18.9 Å². The summed E-state index contributed by atoms with van der Waals surface area (Å²) in [4.78, 5) is 31.4. The number of rotatable bonds is 6. The number of anilines is 1. The summed E-state index contributed by atoms with van der Waals surface area (Å²) in [5, 5.41) is 4.25. The van der Waals surface area contributed by atoms with E-state index in [1.165, 1.54) is 4.57 Å². The van der Waals surface area contributed by atoms with Crippen LogP contribution in [0, 0.1) is 0 Å². The SMILES string of the molecule is Cn1c(=O)[nH]c(=O)c2c1nc(N/N=C\C(Br)=C\c1ccccc1)n2Cc1cccc(Br)c1. The highest BCUT2D eigenvalue weighted by molar-refractivity contribution is 9.12. The Labute approximate surface area is 199 Å². The first-order valence-electron chi connectivity index (χ1n) is 9.57. The highest BCUT2D eigenvalue weighted by atomic mass is 79.9. The summed E-state index contributed by atoms with van der Waals surface area (Å²) >= 11 is 6.94. The van der Waals surface area contributed by atoms with E-state index in [0.29, 0.717) is 12.5 Å². The third-order valence-electron chi connectivity index (χ3n) is 4.69. The van der Waals surface area contributed by atoms with Crippen LogP contribution in [0.3, 0.4) is 0 Å². The summed E-state index contributed by atoms with van der Waals surface area (Å²) in [6, 6.07) is 17.5. The number of aromatic amines is 1. The number of nitrogens with one attached hydrogen (secondary N) is 2. The molecule has 8 nitrogen and oxygen atoms in total. The second-order valence-electron chi connectivity index (χ2n) is 6.95. The topological polar surface area (TPSA) is 97.1 Å². The smallest absolute Gasteiger partial charge is 0.298 e. The maximum Gasteiger partial charge on any atom is 0.329 e. The van der Waals surface area contributed by atoms with E-state index in [4.69, 9.17) is 0 Å². The number of fused-ring (bicyclic) bond motifs is 1. The molecule has 0 atom stereocenters. The zero-order valence-electron chi connectivity index (χ0n) is 16.9. The van der Waals surface area contributed by atoms with Crippen molar-refractivity contribution in [1.82, 2.24) is 19.1 Å². The Morgan fingerprint density at radius 2 is 1.97 bits per heavy atom. The fourth-order valence-electron chi connectivity index (χ4n) is 3.19. The molecular weight excluding hydrogens is 540 g/mol. The van der Waals surface area contributed by atoms with Gasteiger partial charge < -0.3 is 0 Å². The van der Waals surface area contributed by atoms with Crippen molar-refractivity contribution in [2.75, 3.05) is 5.43 Å². The van der Waals surface area contributed by atoms with Gasteiger partial charge in [-0.15, -0.1) is 0 Å². The molecule has 0 radical (unpaired) electrons. The van der Waals surface area contributed by atoms with Gasteiger partial charge in [0, 0.05) is 16.0 Å². The Kier molecular flexibility index (Phi) is 6.52. The summed E-state index contributed by atoms with van der Waals surface area (Å²) in [5.41, 5.74) is 4.38. The lowest BCUT2D eigenvalue weighted by Gasteiger charge is -2.08. The molecule has 2 N–H and O–H groups in total. The zero-order valence-corrected chi connectivity index (χ0v) is 20.1. The summed E-state index contributed by atoms with van der Waals surface area (Å²) < 4.78 is 4.66. The van der Waals surface area contributed by atoms with Crippen molar-refractivity contribution in [1.29, 1.82) is 0 Å². The first-order chi connectivity index (χ1) is 15.4. The number of aromatic nitrogens is 4. The lowest BCUT2D eigenvalue weighted by Crippen LogP contribution is -2.29. The van der Waals surface area contributed by atoms with Gasteiger partial charge in [0.2, 0.25) is 5.95 Å². The molecule has 0 aliphatic carbocycles. The van der Waals surface area contributed by atoms with Gasteiger partial charge in [-0.25, -0.2) is 10.2 Å². The average molecular weight is 558 g/mol. The number of hydrazone groups is 1. The predicted octanol–water partition coefficient (Wildman–Crippen LogP) is 4.07. The minimum atomic E-state index is -0.529. The van der Waals surface area contributed by atoms with Crippen LogP contribution in [0.15, 0.2) is 78.2 Å². The summed E-state index contributed by atoms with van der Waals surface area (Å²) in [6.45, 7) is 0.357. The van der Waals surface area contributed by atoms with Crippen molar-refractivity contribution in [2.45, 2.75) is 6.54 Å². The summed E-state index contributed by atoms with van der Waals surface area (Å²) in [5.74, 6) is 0.336. The fraction of sp³-hybridized carbons (Fsp3) is 0.0909. The highest BCUT2D eigenvalue weighted by Gasteiger charge is 2.17. The van der Waals surface area contributed by atoms with Crippen molar-refractivity contribution in [3.8, 4) is 0 Å². The zero-order chi connectivity index (χ0) is 22.7. The van der Waals surface area contributed by atoms with E-state index in [0.717, 1.165) is 20.1 Å².